The van der Waals surface area contributed by atoms with E-state index < -0.39 is 5.97 Å². The van der Waals surface area contributed by atoms with E-state index in [2.05, 4.69) is 11.8 Å². The molecule has 86 valence electrons. The van der Waals surface area contributed by atoms with Crippen LogP contribution < -0.4 is 0 Å². The van der Waals surface area contributed by atoms with Crippen LogP contribution in [0.4, 0.5) is 0 Å². The molecule has 0 aliphatic carbocycles. The first kappa shape index (κ1) is 10.9. The number of carbonyl (C=O) groups is 1. The Morgan fingerprint density at radius 1 is 1.53 bits per heavy atom. The van der Waals surface area contributed by atoms with Gasteiger partial charge in [-0.25, -0.2) is 0 Å². The molecule has 0 aromatic rings. The smallest absolute Gasteiger partial charge is 0.307 e. The zero-order chi connectivity index (χ0) is 10.8. The highest BCUT2D eigenvalue weighted by atomic mass is 16.5. The zero-order valence-corrected chi connectivity index (χ0v) is 9.19. The summed E-state index contributed by atoms with van der Waals surface area (Å²) in [7, 11) is 0. The van der Waals surface area contributed by atoms with E-state index in [4.69, 9.17) is 9.84 Å². The van der Waals surface area contributed by atoms with Crippen LogP contribution in [-0.4, -0.2) is 48.3 Å². The predicted octanol–water partition coefficient (Wildman–Crippen LogP) is 0.818. The number of ether oxygens (including phenoxy) is 1. The molecule has 0 amide bonds. The van der Waals surface area contributed by atoms with E-state index in [0.29, 0.717) is 18.5 Å². The largest absolute Gasteiger partial charge is 0.481 e. The standard InChI is InChI=1S/C11H19NO3/c1-8(10-3-5-15-7-10)12-4-2-9(6-12)11(13)14/h8-10H,2-7H2,1H3,(H,13,14). The van der Waals surface area contributed by atoms with Crippen LogP contribution in [0.15, 0.2) is 0 Å². The Labute approximate surface area is 90.2 Å². The Bertz CT molecular complexity index is 238. The zero-order valence-electron chi connectivity index (χ0n) is 9.19. The van der Waals surface area contributed by atoms with Crippen molar-refractivity contribution in [3.8, 4) is 0 Å². The molecule has 0 bridgehead atoms. The number of carboxylic acids is 1. The molecule has 1 N–H and O–H groups in total. The first-order valence-electron chi connectivity index (χ1n) is 5.73. The third kappa shape index (κ3) is 2.32. The summed E-state index contributed by atoms with van der Waals surface area (Å²) in [6.45, 7) is 5.55. The molecule has 15 heavy (non-hydrogen) atoms. The number of likely N-dealkylation sites (tertiary alicyclic amines) is 1. The lowest BCUT2D eigenvalue weighted by molar-refractivity contribution is -0.141. The van der Waals surface area contributed by atoms with Crippen molar-refractivity contribution < 1.29 is 14.6 Å². The topological polar surface area (TPSA) is 49.8 Å². The van der Waals surface area contributed by atoms with Crippen molar-refractivity contribution in [2.45, 2.75) is 25.8 Å². The Hall–Kier alpha value is -0.610. The molecule has 2 aliphatic heterocycles. The van der Waals surface area contributed by atoms with E-state index in [0.717, 1.165) is 32.6 Å². The minimum atomic E-state index is -0.646. The number of carboxylic acid groups (broad SMARTS) is 1. The fourth-order valence-electron chi connectivity index (χ4n) is 2.59. The van der Waals surface area contributed by atoms with Crippen LogP contribution in [0.5, 0.6) is 0 Å². The second-order valence-electron chi connectivity index (χ2n) is 4.68. The van der Waals surface area contributed by atoms with Gasteiger partial charge >= 0.3 is 5.97 Å². The maximum Gasteiger partial charge on any atom is 0.307 e. The fraction of sp³-hybridized carbons (Fsp3) is 0.909. The minimum Gasteiger partial charge on any atom is -0.481 e. The maximum absolute atomic E-state index is 10.8. The summed E-state index contributed by atoms with van der Waals surface area (Å²) in [6.07, 6.45) is 1.92. The number of nitrogens with zero attached hydrogens (tertiary/aromatic N) is 1. The summed E-state index contributed by atoms with van der Waals surface area (Å²) in [6, 6.07) is 0.469. The SMILES string of the molecule is CC(C1CCOC1)N1CCC(C(=O)O)C1. The van der Waals surface area contributed by atoms with Crippen molar-refractivity contribution in [1.29, 1.82) is 0 Å². The van der Waals surface area contributed by atoms with Gasteiger partial charge in [0.2, 0.25) is 0 Å². The van der Waals surface area contributed by atoms with Crippen molar-refractivity contribution in [2.24, 2.45) is 11.8 Å². The summed E-state index contributed by atoms with van der Waals surface area (Å²) in [4.78, 5) is 13.1. The number of hydrogen-bond donors (Lipinski definition) is 1. The van der Waals surface area contributed by atoms with Gasteiger partial charge in [0.05, 0.1) is 12.5 Å². The summed E-state index contributed by atoms with van der Waals surface area (Å²) in [5, 5.41) is 8.93. The van der Waals surface area contributed by atoms with E-state index in [9.17, 15) is 4.79 Å². The summed E-state index contributed by atoms with van der Waals surface area (Å²) in [5.41, 5.74) is 0. The van der Waals surface area contributed by atoms with Crippen molar-refractivity contribution in [3.05, 3.63) is 0 Å². The van der Waals surface area contributed by atoms with Crippen LogP contribution in [-0.2, 0) is 9.53 Å². The Morgan fingerprint density at radius 3 is 2.87 bits per heavy atom. The van der Waals surface area contributed by atoms with E-state index in [1.165, 1.54) is 0 Å². The molecule has 2 rings (SSSR count). The minimum absolute atomic E-state index is 0.158. The van der Waals surface area contributed by atoms with Gasteiger partial charge < -0.3 is 9.84 Å². The van der Waals surface area contributed by atoms with Crippen LogP contribution >= 0.6 is 0 Å². The molecule has 2 aliphatic rings. The lowest BCUT2D eigenvalue weighted by Crippen LogP contribution is -2.37. The van der Waals surface area contributed by atoms with Crippen LogP contribution in [0.1, 0.15) is 19.8 Å². The maximum atomic E-state index is 10.8. The number of hydrogen-bond acceptors (Lipinski definition) is 3. The highest BCUT2D eigenvalue weighted by Crippen LogP contribution is 2.26. The molecule has 0 saturated carbocycles. The first-order chi connectivity index (χ1) is 7.18. The molecule has 2 heterocycles. The Morgan fingerprint density at radius 2 is 2.33 bits per heavy atom. The molecular weight excluding hydrogens is 194 g/mol. The van der Waals surface area contributed by atoms with Gasteiger partial charge in [0.15, 0.2) is 0 Å². The summed E-state index contributed by atoms with van der Waals surface area (Å²) in [5.74, 6) is -0.209. The molecule has 3 atom stereocenters. The van der Waals surface area contributed by atoms with Crippen LogP contribution in [0.25, 0.3) is 0 Å². The third-order valence-corrected chi connectivity index (χ3v) is 3.79. The molecule has 4 heteroatoms. The number of rotatable bonds is 3. The molecular formula is C11H19NO3. The molecule has 2 fully saturated rings. The van der Waals surface area contributed by atoms with Crippen LogP contribution in [0.2, 0.25) is 0 Å². The van der Waals surface area contributed by atoms with Gasteiger partial charge in [-0.2, -0.15) is 0 Å². The lowest BCUT2D eigenvalue weighted by Gasteiger charge is -2.28. The van der Waals surface area contributed by atoms with E-state index in [-0.39, 0.29) is 5.92 Å². The van der Waals surface area contributed by atoms with Gasteiger partial charge in [0, 0.05) is 19.2 Å². The second-order valence-corrected chi connectivity index (χ2v) is 4.68. The van der Waals surface area contributed by atoms with E-state index in [1.807, 2.05) is 0 Å². The van der Waals surface area contributed by atoms with Gasteiger partial charge in [-0.1, -0.05) is 0 Å². The molecule has 0 aromatic heterocycles. The highest BCUT2D eigenvalue weighted by molar-refractivity contribution is 5.70. The van der Waals surface area contributed by atoms with Crippen molar-refractivity contribution in [2.75, 3.05) is 26.3 Å². The second kappa shape index (κ2) is 4.49. The van der Waals surface area contributed by atoms with Gasteiger partial charge in [-0.3, -0.25) is 9.69 Å². The summed E-state index contributed by atoms with van der Waals surface area (Å²) < 4.78 is 5.37. The van der Waals surface area contributed by atoms with Crippen molar-refractivity contribution in [1.82, 2.24) is 4.90 Å². The van der Waals surface area contributed by atoms with Gasteiger partial charge in [0.1, 0.15) is 0 Å². The molecule has 4 nitrogen and oxygen atoms in total. The molecule has 0 aromatic carbocycles. The monoisotopic (exact) mass is 213 g/mol. The first-order valence-corrected chi connectivity index (χ1v) is 5.73. The van der Waals surface area contributed by atoms with Gasteiger partial charge in [-0.15, -0.1) is 0 Å². The Kier molecular flexibility index (Phi) is 3.26. The molecule has 3 unspecified atom stereocenters. The van der Waals surface area contributed by atoms with Crippen LogP contribution in [0.3, 0.4) is 0 Å². The number of aliphatic carboxylic acids is 1. The predicted molar refractivity (Wildman–Crippen MR) is 55.7 cm³/mol. The van der Waals surface area contributed by atoms with Crippen LogP contribution in [0, 0.1) is 11.8 Å². The van der Waals surface area contributed by atoms with Gasteiger partial charge in [0.25, 0.3) is 0 Å². The van der Waals surface area contributed by atoms with Crippen molar-refractivity contribution in [3.63, 3.8) is 0 Å². The van der Waals surface area contributed by atoms with Gasteiger partial charge in [-0.05, 0) is 32.2 Å². The average Bonchev–Trinajstić information content (AvgIpc) is 2.88. The lowest BCUT2D eigenvalue weighted by atomic mass is 9.99. The van der Waals surface area contributed by atoms with E-state index >= 15 is 0 Å². The van der Waals surface area contributed by atoms with Crippen molar-refractivity contribution >= 4 is 5.97 Å². The normalized spacial score (nSPS) is 34.5. The molecule has 2 saturated heterocycles. The summed E-state index contributed by atoms with van der Waals surface area (Å²) >= 11 is 0. The average molecular weight is 213 g/mol. The molecule has 0 radical (unpaired) electrons. The fourth-order valence-corrected chi connectivity index (χ4v) is 2.59. The quantitative estimate of drug-likeness (QED) is 0.754. The van der Waals surface area contributed by atoms with E-state index in [1.54, 1.807) is 0 Å². The third-order valence-electron chi connectivity index (χ3n) is 3.79. The Balaban J connectivity index is 1.86. The highest BCUT2D eigenvalue weighted by Gasteiger charge is 2.34. The molecule has 0 spiro atoms.